The lowest BCUT2D eigenvalue weighted by atomic mass is 9.59. The summed E-state index contributed by atoms with van der Waals surface area (Å²) in [6, 6.07) is 17.2. The topological polar surface area (TPSA) is 52.8 Å². The van der Waals surface area contributed by atoms with Crippen LogP contribution < -0.4 is 0 Å². The van der Waals surface area contributed by atoms with Gasteiger partial charge in [-0.05, 0) is 22.5 Å². The van der Waals surface area contributed by atoms with Gasteiger partial charge in [0.25, 0.3) is 0 Å². The zero-order valence-electron chi connectivity index (χ0n) is 16.0. The molecule has 3 heteroatoms. The first-order valence-electron chi connectivity index (χ1n) is 8.63. The van der Waals surface area contributed by atoms with Crippen LogP contribution in [0.4, 0.5) is 0 Å². The summed E-state index contributed by atoms with van der Waals surface area (Å²) in [7, 11) is 0. The van der Waals surface area contributed by atoms with E-state index in [1.807, 2.05) is 96.1 Å². The van der Waals surface area contributed by atoms with Crippen molar-refractivity contribution < 1.29 is 10.3 Å². The van der Waals surface area contributed by atoms with Gasteiger partial charge in [-0.25, -0.2) is 0 Å². The van der Waals surface area contributed by atoms with E-state index in [9.17, 15) is 10.3 Å². The van der Waals surface area contributed by atoms with Crippen LogP contribution in [0.2, 0.25) is 0 Å². The Morgan fingerprint density at radius 2 is 1.28 bits per heavy atom. The van der Waals surface area contributed by atoms with Crippen LogP contribution in [0.15, 0.2) is 59.8 Å². The van der Waals surface area contributed by atoms with Crippen LogP contribution in [-0.4, -0.2) is 16.0 Å². The fourth-order valence-corrected chi connectivity index (χ4v) is 3.76. The molecule has 0 atom stereocenters. The normalized spacial score (nSPS) is 13.8. The first kappa shape index (κ1) is 19.2. The first-order chi connectivity index (χ1) is 11.5. The van der Waals surface area contributed by atoms with Gasteiger partial charge in [-0.1, -0.05) is 95.2 Å². The smallest absolute Gasteiger partial charge is 0.117 e. The van der Waals surface area contributed by atoms with Crippen molar-refractivity contribution in [3.05, 3.63) is 71.3 Å². The second-order valence-corrected chi connectivity index (χ2v) is 8.61. The molecule has 0 heterocycles. The number of aliphatic hydroxyl groups is 1. The molecule has 0 aliphatic heterocycles. The highest BCUT2D eigenvalue weighted by Crippen LogP contribution is 2.51. The molecular formula is C22H29NO2. The largest absolute Gasteiger partial charge is 0.410 e. The Balaban J connectivity index is 2.62. The number of rotatable bonds is 3. The summed E-state index contributed by atoms with van der Waals surface area (Å²) in [5, 5.41) is 24.8. The lowest BCUT2D eigenvalue weighted by Gasteiger charge is -2.50. The molecule has 25 heavy (non-hydrogen) atoms. The SMILES string of the molecule is CC(C)(C)C(O)(c1cccc(/C(=N/O)c2ccccc2)c1)C(C)(C)C. The van der Waals surface area contributed by atoms with Crippen molar-refractivity contribution in [2.24, 2.45) is 16.0 Å². The predicted octanol–water partition coefficient (Wildman–Crippen LogP) is 5.19. The zero-order valence-corrected chi connectivity index (χ0v) is 16.0. The fraction of sp³-hybridized carbons (Fsp3) is 0.409. The van der Waals surface area contributed by atoms with E-state index in [4.69, 9.17) is 0 Å². The Bertz CT molecular complexity index is 736. The number of hydrogen-bond acceptors (Lipinski definition) is 3. The monoisotopic (exact) mass is 339 g/mol. The first-order valence-corrected chi connectivity index (χ1v) is 8.63. The number of hydrogen-bond donors (Lipinski definition) is 2. The van der Waals surface area contributed by atoms with E-state index in [2.05, 4.69) is 5.16 Å². The summed E-state index contributed by atoms with van der Waals surface area (Å²) in [6.45, 7) is 12.3. The third kappa shape index (κ3) is 3.47. The highest BCUT2D eigenvalue weighted by atomic mass is 16.4. The van der Waals surface area contributed by atoms with Crippen molar-refractivity contribution in [2.75, 3.05) is 0 Å². The van der Waals surface area contributed by atoms with Gasteiger partial charge in [0, 0.05) is 11.1 Å². The lowest BCUT2D eigenvalue weighted by molar-refractivity contribution is -0.145. The minimum absolute atomic E-state index is 0.368. The van der Waals surface area contributed by atoms with E-state index in [0.717, 1.165) is 16.7 Å². The second kappa shape index (κ2) is 6.64. The molecular weight excluding hydrogens is 310 g/mol. The maximum absolute atomic E-state index is 11.7. The number of benzene rings is 2. The van der Waals surface area contributed by atoms with E-state index in [1.165, 1.54) is 0 Å². The third-order valence-electron chi connectivity index (χ3n) is 4.87. The fourth-order valence-electron chi connectivity index (χ4n) is 3.76. The maximum Gasteiger partial charge on any atom is 0.117 e. The Labute approximate surface area is 151 Å². The molecule has 0 aliphatic carbocycles. The number of nitrogens with zero attached hydrogens (tertiary/aromatic N) is 1. The van der Waals surface area contributed by atoms with Crippen LogP contribution in [0.5, 0.6) is 0 Å². The molecule has 0 saturated carbocycles. The third-order valence-corrected chi connectivity index (χ3v) is 4.87. The maximum atomic E-state index is 11.7. The molecule has 0 aliphatic rings. The summed E-state index contributed by atoms with van der Waals surface area (Å²) >= 11 is 0. The molecule has 0 amide bonds. The van der Waals surface area contributed by atoms with Crippen LogP contribution in [0, 0.1) is 10.8 Å². The molecule has 134 valence electrons. The molecule has 0 aromatic heterocycles. The van der Waals surface area contributed by atoms with Crippen LogP contribution in [-0.2, 0) is 5.60 Å². The highest BCUT2D eigenvalue weighted by molar-refractivity contribution is 6.12. The molecule has 0 saturated heterocycles. The second-order valence-electron chi connectivity index (χ2n) is 8.61. The number of oxime groups is 1. The van der Waals surface area contributed by atoms with Gasteiger partial charge in [-0.15, -0.1) is 0 Å². The van der Waals surface area contributed by atoms with Crippen LogP contribution in [0.3, 0.4) is 0 Å². The summed E-state index contributed by atoms with van der Waals surface area (Å²) in [5.74, 6) is 0. The molecule has 0 radical (unpaired) electrons. The summed E-state index contributed by atoms with van der Waals surface area (Å²) < 4.78 is 0. The van der Waals surface area contributed by atoms with Gasteiger partial charge < -0.3 is 10.3 Å². The molecule has 0 spiro atoms. The van der Waals surface area contributed by atoms with Crippen molar-refractivity contribution in [3.63, 3.8) is 0 Å². The summed E-state index contributed by atoms with van der Waals surface area (Å²) in [4.78, 5) is 0. The quantitative estimate of drug-likeness (QED) is 0.459. The van der Waals surface area contributed by atoms with E-state index in [-0.39, 0.29) is 10.8 Å². The Hall–Kier alpha value is -2.13. The summed E-state index contributed by atoms with van der Waals surface area (Å²) in [5.41, 5.74) is 1.14. The van der Waals surface area contributed by atoms with Crippen molar-refractivity contribution >= 4 is 5.71 Å². The predicted molar refractivity (Wildman–Crippen MR) is 103 cm³/mol. The van der Waals surface area contributed by atoms with E-state index < -0.39 is 5.60 Å². The molecule has 0 unspecified atom stereocenters. The van der Waals surface area contributed by atoms with Gasteiger partial charge >= 0.3 is 0 Å². The molecule has 2 N–H and O–H groups in total. The molecule has 2 aromatic carbocycles. The lowest BCUT2D eigenvalue weighted by Crippen LogP contribution is -2.50. The Morgan fingerprint density at radius 3 is 1.76 bits per heavy atom. The van der Waals surface area contributed by atoms with Crippen LogP contribution in [0.25, 0.3) is 0 Å². The Morgan fingerprint density at radius 1 is 0.760 bits per heavy atom. The highest BCUT2D eigenvalue weighted by Gasteiger charge is 2.50. The average Bonchev–Trinajstić information content (AvgIpc) is 2.54. The van der Waals surface area contributed by atoms with Gasteiger partial charge in [-0.2, -0.15) is 0 Å². The molecule has 0 bridgehead atoms. The van der Waals surface area contributed by atoms with Crippen molar-refractivity contribution in [1.29, 1.82) is 0 Å². The van der Waals surface area contributed by atoms with Gasteiger partial charge in [-0.3, -0.25) is 0 Å². The molecule has 0 fully saturated rings. The van der Waals surface area contributed by atoms with Crippen molar-refractivity contribution in [3.8, 4) is 0 Å². The van der Waals surface area contributed by atoms with Crippen LogP contribution in [0.1, 0.15) is 58.2 Å². The standard InChI is InChI=1S/C22H29NO2/c1-20(2,3)22(24,21(4,5)6)18-14-10-13-17(15-18)19(23-25)16-11-8-7-9-12-16/h7-15,24-25H,1-6H3/b23-19+. The van der Waals surface area contributed by atoms with Crippen molar-refractivity contribution in [1.82, 2.24) is 0 Å². The molecule has 3 nitrogen and oxygen atoms in total. The average molecular weight is 339 g/mol. The van der Waals surface area contributed by atoms with Gasteiger partial charge in [0.2, 0.25) is 0 Å². The van der Waals surface area contributed by atoms with Crippen LogP contribution >= 0.6 is 0 Å². The minimum atomic E-state index is -1.05. The van der Waals surface area contributed by atoms with Gasteiger partial charge in [0.05, 0.1) is 5.60 Å². The van der Waals surface area contributed by atoms with Gasteiger partial charge in [0.1, 0.15) is 5.71 Å². The zero-order chi connectivity index (χ0) is 18.9. The molecule has 2 rings (SSSR count). The van der Waals surface area contributed by atoms with E-state index in [0.29, 0.717) is 5.71 Å². The van der Waals surface area contributed by atoms with E-state index >= 15 is 0 Å². The molecule has 2 aromatic rings. The van der Waals surface area contributed by atoms with Crippen molar-refractivity contribution in [2.45, 2.75) is 47.1 Å². The van der Waals surface area contributed by atoms with E-state index in [1.54, 1.807) is 0 Å². The van der Waals surface area contributed by atoms with Gasteiger partial charge in [0.15, 0.2) is 0 Å². The minimum Gasteiger partial charge on any atom is -0.410 e. The summed E-state index contributed by atoms with van der Waals surface area (Å²) in [6.07, 6.45) is 0. The Kier molecular flexibility index (Phi) is 5.10.